The van der Waals surface area contributed by atoms with Gasteiger partial charge in [0.15, 0.2) is 0 Å². The molecule has 1 fully saturated rings. The summed E-state index contributed by atoms with van der Waals surface area (Å²) in [7, 11) is 0. The molecule has 1 unspecified atom stereocenters. The van der Waals surface area contributed by atoms with Crippen LogP contribution in [-0.2, 0) is 10.7 Å². The van der Waals surface area contributed by atoms with E-state index in [0.29, 0.717) is 12.2 Å². The number of carbonyl (C=O) groups is 1. The molecule has 1 aliphatic heterocycles. The first-order valence-electron chi connectivity index (χ1n) is 12.5. The van der Waals surface area contributed by atoms with Crippen molar-refractivity contribution in [2.24, 2.45) is 0 Å². The van der Waals surface area contributed by atoms with E-state index < -0.39 is 17.5 Å². The van der Waals surface area contributed by atoms with Crippen molar-refractivity contribution in [3.63, 3.8) is 0 Å². The summed E-state index contributed by atoms with van der Waals surface area (Å²) < 4.78 is 44.3. The van der Waals surface area contributed by atoms with Gasteiger partial charge < -0.3 is 20.9 Å². The first-order valence-corrected chi connectivity index (χ1v) is 12.5. The van der Waals surface area contributed by atoms with Gasteiger partial charge in [-0.3, -0.25) is 9.69 Å². The number of rotatable bonds is 10. The fourth-order valence-corrected chi connectivity index (χ4v) is 4.65. The number of fused-ring (bicyclic) bond motifs is 1. The Morgan fingerprint density at radius 1 is 1.13 bits per heavy atom. The van der Waals surface area contributed by atoms with Gasteiger partial charge in [-0.15, -0.1) is 0 Å². The van der Waals surface area contributed by atoms with Gasteiger partial charge in [0.25, 0.3) is 0 Å². The molecular formula is C28H28F3N7O. The maximum absolute atomic E-state index is 15.8. The molecule has 1 saturated heterocycles. The van der Waals surface area contributed by atoms with Crippen molar-refractivity contribution in [3.05, 3.63) is 84.7 Å². The molecule has 8 nitrogen and oxygen atoms in total. The molecule has 5 rings (SSSR count). The van der Waals surface area contributed by atoms with Gasteiger partial charge in [0, 0.05) is 59.9 Å². The number of nitrogens with zero attached hydrogens (tertiary/aromatic N) is 3. The molecule has 0 bridgehead atoms. The van der Waals surface area contributed by atoms with Crippen LogP contribution in [0.3, 0.4) is 0 Å². The van der Waals surface area contributed by atoms with E-state index in [4.69, 9.17) is 0 Å². The van der Waals surface area contributed by atoms with Crippen LogP contribution >= 0.6 is 0 Å². The Balaban J connectivity index is 1.36. The molecule has 4 N–H and O–H groups in total. The molecule has 11 heteroatoms. The number of aromatic nitrogens is 3. The average Bonchev–Trinajstić information content (AvgIpc) is 3.59. The average molecular weight is 536 g/mol. The number of benzene rings is 2. The van der Waals surface area contributed by atoms with Gasteiger partial charge in [-0.1, -0.05) is 18.7 Å². The number of aromatic amines is 1. The lowest BCUT2D eigenvalue weighted by molar-refractivity contribution is -0.111. The maximum Gasteiger partial charge on any atom is 0.315 e. The van der Waals surface area contributed by atoms with E-state index in [1.807, 2.05) is 24.3 Å². The third-order valence-corrected chi connectivity index (χ3v) is 6.58. The summed E-state index contributed by atoms with van der Waals surface area (Å²) in [6.07, 6.45) is 3.53. The fourth-order valence-electron chi connectivity index (χ4n) is 4.65. The molecule has 0 radical (unpaired) electrons. The third-order valence-electron chi connectivity index (χ3n) is 6.58. The number of halogens is 3. The lowest BCUT2D eigenvalue weighted by Gasteiger charge is -2.19. The van der Waals surface area contributed by atoms with Gasteiger partial charge in [-0.2, -0.15) is 13.8 Å². The zero-order valence-corrected chi connectivity index (χ0v) is 21.1. The Bertz CT molecular complexity index is 1470. The number of nitrogens with one attached hydrogen (secondary N) is 4. The molecule has 1 atom stereocenters. The second-order valence-electron chi connectivity index (χ2n) is 9.31. The van der Waals surface area contributed by atoms with Crippen molar-refractivity contribution in [1.82, 2.24) is 19.9 Å². The van der Waals surface area contributed by atoms with E-state index in [1.165, 1.54) is 36.5 Å². The van der Waals surface area contributed by atoms with Crippen LogP contribution < -0.4 is 16.0 Å². The van der Waals surface area contributed by atoms with Crippen molar-refractivity contribution in [2.45, 2.75) is 18.4 Å². The first kappa shape index (κ1) is 26.2. The molecule has 2 aromatic heterocycles. The van der Waals surface area contributed by atoms with Crippen LogP contribution in [0.1, 0.15) is 17.7 Å². The number of alkyl halides is 3. The second kappa shape index (κ2) is 11.2. The Hall–Kier alpha value is -4.38. The van der Waals surface area contributed by atoms with Crippen LogP contribution in [-0.4, -0.2) is 58.1 Å². The molecule has 0 spiro atoms. The zero-order valence-electron chi connectivity index (χ0n) is 21.1. The molecule has 1 aliphatic rings. The van der Waals surface area contributed by atoms with Gasteiger partial charge in [0.1, 0.15) is 18.0 Å². The highest BCUT2D eigenvalue weighted by molar-refractivity contribution is 5.98. The molecular weight excluding hydrogens is 507 g/mol. The van der Waals surface area contributed by atoms with E-state index in [1.54, 1.807) is 0 Å². The van der Waals surface area contributed by atoms with Gasteiger partial charge in [-0.25, -0.2) is 9.37 Å². The van der Waals surface area contributed by atoms with Crippen LogP contribution in [0, 0.1) is 0 Å². The Morgan fingerprint density at radius 3 is 2.69 bits per heavy atom. The van der Waals surface area contributed by atoms with E-state index in [9.17, 15) is 9.18 Å². The number of hydrogen-bond acceptors (Lipinski definition) is 6. The van der Waals surface area contributed by atoms with Crippen LogP contribution in [0.15, 0.2) is 73.4 Å². The number of likely N-dealkylation sites (tertiary alicyclic amines) is 1. The van der Waals surface area contributed by atoms with Gasteiger partial charge in [0.05, 0.1) is 0 Å². The molecule has 2 aromatic carbocycles. The minimum absolute atomic E-state index is 0.00843. The summed E-state index contributed by atoms with van der Waals surface area (Å²) >= 11 is 0. The Morgan fingerprint density at radius 2 is 1.92 bits per heavy atom. The number of carbonyl (C=O) groups excluding carboxylic acids is 1. The standard InChI is InChI=1S/C28H28F3N7O/c1-2-24(39)34-21-5-3-4-18(16-21)28(30,31)25-23-10-13-32-26(23)37-27(36-25)35-20-8-6-19(7-9-20)33-22-11-14-38(17-22)15-12-29/h2-10,13,16,22,33H,1,11-12,14-15,17H2,(H,34,39)(H2,32,35,36,37). The predicted molar refractivity (Wildman–Crippen MR) is 146 cm³/mol. The Labute approximate surface area is 223 Å². The summed E-state index contributed by atoms with van der Waals surface area (Å²) in [5, 5.41) is 9.15. The van der Waals surface area contributed by atoms with E-state index in [0.717, 1.165) is 31.3 Å². The van der Waals surface area contributed by atoms with Crippen molar-refractivity contribution < 1.29 is 18.0 Å². The summed E-state index contributed by atoms with van der Waals surface area (Å²) in [4.78, 5) is 25.2. The lowest BCUT2D eigenvalue weighted by atomic mass is 10.0. The zero-order chi connectivity index (χ0) is 27.4. The maximum atomic E-state index is 15.8. The van der Waals surface area contributed by atoms with Crippen molar-refractivity contribution in [3.8, 4) is 0 Å². The van der Waals surface area contributed by atoms with Gasteiger partial charge >= 0.3 is 5.92 Å². The molecule has 3 heterocycles. The molecule has 202 valence electrons. The SMILES string of the molecule is C=CC(=O)Nc1cccc(C(F)(F)c2nc(Nc3ccc(NC4CCN(CCF)C4)cc3)nc3[nH]ccc23)c1. The minimum Gasteiger partial charge on any atom is -0.381 e. The number of H-pyrrole nitrogens is 1. The van der Waals surface area contributed by atoms with Crippen molar-refractivity contribution >= 4 is 40.0 Å². The summed E-state index contributed by atoms with van der Waals surface area (Å²) in [5.74, 6) is -3.98. The normalized spacial score (nSPS) is 15.8. The van der Waals surface area contributed by atoms with Crippen LogP contribution in [0.5, 0.6) is 0 Å². The monoisotopic (exact) mass is 535 g/mol. The van der Waals surface area contributed by atoms with Gasteiger partial charge in [-0.05, 0) is 55.0 Å². The quantitative estimate of drug-likeness (QED) is 0.203. The molecule has 0 aliphatic carbocycles. The minimum atomic E-state index is -3.49. The topological polar surface area (TPSA) is 98.0 Å². The van der Waals surface area contributed by atoms with E-state index in [2.05, 4.69) is 42.4 Å². The molecule has 0 saturated carbocycles. The predicted octanol–water partition coefficient (Wildman–Crippen LogP) is 5.42. The summed E-state index contributed by atoms with van der Waals surface area (Å²) in [6.45, 7) is 5.13. The van der Waals surface area contributed by atoms with E-state index in [-0.39, 0.29) is 40.9 Å². The largest absolute Gasteiger partial charge is 0.381 e. The number of hydrogen-bond donors (Lipinski definition) is 4. The first-order chi connectivity index (χ1) is 18.9. The van der Waals surface area contributed by atoms with Crippen LogP contribution in [0.25, 0.3) is 11.0 Å². The van der Waals surface area contributed by atoms with Crippen LogP contribution in [0.4, 0.5) is 36.2 Å². The third kappa shape index (κ3) is 5.88. The van der Waals surface area contributed by atoms with Gasteiger partial charge in [0.2, 0.25) is 11.9 Å². The highest BCUT2D eigenvalue weighted by Crippen LogP contribution is 2.39. The molecule has 4 aromatic rings. The highest BCUT2D eigenvalue weighted by atomic mass is 19.3. The van der Waals surface area contributed by atoms with Crippen molar-refractivity contribution in [1.29, 1.82) is 0 Å². The van der Waals surface area contributed by atoms with Crippen molar-refractivity contribution in [2.75, 3.05) is 42.3 Å². The molecule has 39 heavy (non-hydrogen) atoms. The van der Waals surface area contributed by atoms with Crippen LogP contribution in [0.2, 0.25) is 0 Å². The Kier molecular flexibility index (Phi) is 7.51. The summed E-state index contributed by atoms with van der Waals surface area (Å²) in [6, 6.07) is 14.6. The second-order valence-corrected chi connectivity index (χ2v) is 9.31. The molecule has 1 amide bonds. The lowest BCUT2D eigenvalue weighted by Crippen LogP contribution is -2.27. The fraction of sp³-hybridized carbons (Fsp3) is 0.250. The van der Waals surface area contributed by atoms with E-state index >= 15 is 8.78 Å². The number of amides is 1. The smallest absolute Gasteiger partial charge is 0.315 e. The highest BCUT2D eigenvalue weighted by Gasteiger charge is 2.38. The summed E-state index contributed by atoms with van der Waals surface area (Å²) in [5.41, 5.74) is 1.21. The number of anilines is 4.